The summed E-state index contributed by atoms with van der Waals surface area (Å²) in [5, 5.41) is 3.21. The highest BCUT2D eigenvalue weighted by Gasteiger charge is 2.35. The van der Waals surface area contributed by atoms with Gasteiger partial charge in [0, 0.05) is 34.0 Å². The maximum absolute atomic E-state index is 13.7. The molecule has 0 amide bonds. The zero-order valence-corrected chi connectivity index (χ0v) is 27.2. The quantitative estimate of drug-likeness (QED) is 0.120. The van der Waals surface area contributed by atoms with Gasteiger partial charge in [0.05, 0.1) is 24.4 Å². The Morgan fingerprint density at radius 3 is 2.27 bits per heavy atom. The Hall–Kier alpha value is -2.53. The lowest BCUT2D eigenvalue weighted by molar-refractivity contribution is -0.143. The molecule has 0 aliphatic heterocycles. The van der Waals surface area contributed by atoms with Crippen LogP contribution in [0.3, 0.4) is 0 Å². The van der Waals surface area contributed by atoms with E-state index in [1.54, 1.807) is 6.92 Å². The van der Waals surface area contributed by atoms with Crippen LogP contribution in [0.1, 0.15) is 65.1 Å². The van der Waals surface area contributed by atoms with E-state index in [0.29, 0.717) is 30.7 Å². The first-order valence-electron chi connectivity index (χ1n) is 14.5. The van der Waals surface area contributed by atoms with Gasteiger partial charge in [-0.3, -0.25) is 9.36 Å². The summed E-state index contributed by atoms with van der Waals surface area (Å²) in [5.74, 6) is 0.337. The molecule has 1 heterocycles. The minimum absolute atomic E-state index is 0.0497. The Morgan fingerprint density at radius 1 is 1.10 bits per heavy atom. The van der Waals surface area contributed by atoms with Crippen molar-refractivity contribution in [1.29, 1.82) is 0 Å². The average Bonchev–Trinajstić information content (AvgIpc) is 3.23. The molecule has 0 spiro atoms. The second-order valence-electron chi connectivity index (χ2n) is 12.8. The number of ether oxygens (including phenoxy) is 2. The lowest BCUT2D eigenvalue weighted by atomic mass is 9.96. The van der Waals surface area contributed by atoms with Gasteiger partial charge in [-0.1, -0.05) is 60.3 Å². The van der Waals surface area contributed by atoms with Gasteiger partial charge in [0.2, 0.25) is 5.95 Å². The monoisotopic (exact) mass is 598 g/mol. The number of anilines is 3. The number of carbonyl (C=O) groups excluding carboxylic acids is 1. The summed E-state index contributed by atoms with van der Waals surface area (Å²) in [6, 6.07) is 6.77. The number of aromatic nitrogens is 2. The van der Waals surface area contributed by atoms with Crippen molar-refractivity contribution in [1.82, 2.24) is 9.55 Å². The number of halogens is 3. The fourth-order valence-electron chi connectivity index (χ4n) is 4.39. The first-order valence-corrected chi connectivity index (χ1v) is 18.2. The highest BCUT2D eigenvalue weighted by atomic mass is 28.3. The number of hydrogen-bond acceptors (Lipinski definition) is 6. The van der Waals surface area contributed by atoms with Crippen molar-refractivity contribution in [3.05, 3.63) is 35.7 Å². The Balaban J connectivity index is 2.53. The van der Waals surface area contributed by atoms with Crippen molar-refractivity contribution in [3.63, 3.8) is 0 Å². The van der Waals surface area contributed by atoms with Gasteiger partial charge in [-0.25, -0.2) is 4.98 Å². The molecule has 1 atom stereocenters. The smallest absolute Gasteiger partial charge is 0.434 e. The van der Waals surface area contributed by atoms with E-state index in [4.69, 9.17) is 9.47 Å². The number of hydrogen-bond donors (Lipinski definition) is 1. The number of rotatable bonds is 16. The van der Waals surface area contributed by atoms with Crippen molar-refractivity contribution in [3.8, 4) is 0 Å². The number of imidazole rings is 1. The molecule has 0 saturated carbocycles. The van der Waals surface area contributed by atoms with Crippen LogP contribution >= 0.6 is 0 Å². The zero-order valence-electron chi connectivity index (χ0n) is 26.2. The average molecular weight is 599 g/mol. The third kappa shape index (κ3) is 11.7. The molecular weight excluding hydrogens is 549 g/mol. The Morgan fingerprint density at radius 2 is 1.73 bits per heavy atom. The van der Waals surface area contributed by atoms with E-state index in [-0.39, 0.29) is 31.0 Å². The van der Waals surface area contributed by atoms with Crippen LogP contribution in [0.25, 0.3) is 0 Å². The number of alkyl halides is 3. The Labute approximate surface area is 244 Å². The molecule has 232 valence electrons. The number of carbonyl (C=O) groups is 1. The van der Waals surface area contributed by atoms with Crippen molar-refractivity contribution >= 4 is 31.4 Å². The van der Waals surface area contributed by atoms with Crippen molar-refractivity contribution in [2.75, 3.05) is 36.5 Å². The van der Waals surface area contributed by atoms with Crippen LogP contribution in [-0.4, -0.2) is 49.9 Å². The van der Waals surface area contributed by atoms with Crippen LogP contribution in [0.15, 0.2) is 24.4 Å². The molecular formula is C30H49F3N4O3Si. The van der Waals surface area contributed by atoms with Gasteiger partial charge in [0.15, 0.2) is 5.69 Å². The number of nitrogens with zero attached hydrogens (tertiary/aromatic N) is 3. The maximum atomic E-state index is 13.7. The predicted molar refractivity (Wildman–Crippen MR) is 163 cm³/mol. The molecule has 41 heavy (non-hydrogen) atoms. The largest absolute Gasteiger partial charge is 0.466 e. The Kier molecular flexibility index (Phi) is 12.8. The molecule has 1 aromatic carbocycles. The third-order valence-corrected chi connectivity index (χ3v) is 8.12. The summed E-state index contributed by atoms with van der Waals surface area (Å²) in [5.41, 5.74) is 1.38. The SMILES string of the molecule is CCOC(=O)C[C@@H](C)c1ccc(N(CC(C)C)CC(C)C)c(Nc2nc(C(F)(F)F)cn2COCC[Si](C)(C)C)c1. The molecule has 0 radical (unpaired) electrons. The molecule has 1 N–H and O–H groups in total. The number of benzene rings is 1. The maximum Gasteiger partial charge on any atom is 0.434 e. The molecule has 0 saturated heterocycles. The minimum Gasteiger partial charge on any atom is -0.466 e. The topological polar surface area (TPSA) is 68.6 Å². The van der Waals surface area contributed by atoms with E-state index in [1.165, 1.54) is 4.57 Å². The minimum atomic E-state index is -4.60. The van der Waals surface area contributed by atoms with E-state index in [9.17, 15) is 18.0 Å². The van der Waals surface area contributed by atoms with Crippen molar-refractivity contribution < 1.29 is 27.4 Å². The lowest BCUT2D eigenvalue weighted by Gasteiger charge is -2.31. The molecule has 11 heteroatoms. The number of esters is 1. The molecule has 0 aliphatic carbocycles. The number of nitrogens with one attached hydrogen (secondary N) is 1. The summed E-state index contributed by atoms with van der Waals surface area (Å²) in [6.45, 7) is 21.2. The van der Waals surface area contributed by atoms with Crippen LogP contribution in [0.5, 0.6) is 0 Å². The summed E-state index contributed by atoms with van der Waals surface area (Å²) in [6.07, 6.45) is -3.41. The lowest BCUT2D eigenvalue weighted by Crippen LogP contribution is -2.32. The molecule has 0 aliphatic rings. The van der Waals surface area contributed by atoms with Gasteiger partial charge in [-0.15, -0.1) is 0 Å². The van der Waals surface area contributed by atoms with Gasteiger partial charge in [-0.2, -0.15) is 13.2 Å². The van der Waals surface area contributed by atoms with Crippen LogP contribution in [0.4, 0.5) is 30.5 Å². The van der Waals surface area contributed by atoms with E-state index in [1.807, 2.05) is 25.1 Å². The summed E-state index contributed by atoms with van der Waals surface area (Å²) in [7, 11) is -1.36. The van der Waals surface area contributed by atoms with Gasteiger partial charge in [0.1, 0.15) is 6.73 Å². The summed E-state index contributed by atoms with van der Waals surface area (Å²) in [4.78, 5) is 18.4. The first kappa shape index (κ1) is 34.7. The highest BCUT2D eigenvalue weighted by Crippen LogP contribution is 2.36. The highest BCUT2D eigenvalue weighted by molar-refractivity contribution is 6.76. The van der Waals surface area contributed by atoms with Crippen LogP contribution < -0.4 is 10.2 Å². The first-order chi connectivity index (χ1) is 19.0. The molecule has 0 bridgehead atoms. The van der Waals surface area contributed by atoms with Gasteiger partial charge < -0.3 is 19.7 Å². The summed E-state index contributed by atoms with van der Waals surface area (Å²) < 4.78 is 53.5. The molecule has 0 unspecified atom stereocenters. The molecule has 7 nitrogen and oxygen atoms in total. The van der Waals surface area contributed by atoms with Crippen LogP contribution in [0, 0.1) is 11.8 Å². The van der Waals surface area contributed by atoms with E-state index in [2.05, 4.69) is 62.5 Å². The third-order valence-electron chi connectivity index (χ3n) is 6.42. The molecule has 2 aromatic rings. The predicted octanol–water partition coefficient (Wildman–Crippen LogP) is 8.13. The molecule has 2 rings (SSSR count). The normalized spacial score (nSPS) is 13.1. The van der Waals surface area contributed by atoms with Gasteiger partial charge in [-0.05, 0) is 48.4 Å². The summed E-state index contributed by atoms with van der Waals surface area (Å²) >= 11 is 0. The standard InChI is InChI=1S/C30H49F3N4O3Si/c1-10-40-28(38)15-23(6)24-11-12-26(36(17-21(2)3)18-22(4)5)25(16-24)34-29-35-27(30(31,32)33)19-37(29)20-39-13-14-41(7,8)9/h11-12,16,19,21-23H,10,13-15,17-18,20H2,1-9H3,(H,34,35)/t23-/m1/s1. The molecule has 0 fully saturated rings. The van der Waals surface area contributed by atoms with Crippen LogP contribution in [-0.2, 0) is 27.2 Å². The Bertz CT molecular complexity index is 1100. The second kappa shape index (κ2) is 15.1. The van der Waals surface area contributed by atoms with Gasteiger partial charge >= 0.3 is 12.1 Å². The van der Waals surface area contributed by atoms with E-state index in [0.717, 1.165) is 36.6 Å². The van der Waals surface area contributed by atoms with E-state index >= 15 is 0 Å². The van der Waals surface area contributed by atoms with Crippen molar-refractivity contribution in [2.24, 2.45) is 11.8 Å². The van der Waals surface area contributed by atoms with Crippen molar-refractivity contribution in [2.45, 2.75) is 92.5 Å². The molecule has 1 aromatic heterocycles. The van der Waals surface area contributed by atoms with Gasteiger partial charge in [0.25, 0.3) is 0 Å². The van der Waals surface area contributed by atoms with E-state index < -0.39 is 19.9 Å². The fourth-order valence-corrected chi connectivity index (χ4v) is 5.15. The fraction of sp³-hybridized carbons (Fsp3) is 0.667. The second-order valence-corrected chi connectivity index (χ2v) is 18.4. The van der Waals surface area contributed by atoms with Crippen LogP contribution in [0.2, 0.25) is 25.7 Å². The zero-order chi connectivity index (χ0) is 31.0.